The Bertz CT molecular complexity index is 344. The lowest BCUT2D eigenvalue weighted by Gasteiger charge is -2.14. The van der Waals surface area contributed by atoms with Crippen LogP contribution in [0.4, 0.5) is 0 Å². The molecular weight excluding hydrogens is 300 g/mol. The molecule has 0 aliphatic heterocycles. The highest BCUT2D eigenvalue weighted by Crippen LogP contribution is 2.25. The summed E-state index contributed by atoms with van der Waals surface area (Å²) in [7, 11) is 1.65. The zero-order valence-corrected chi connectivity index (χ0v) is 12.5. The van der Waals surface area contributed by atoms with Crippen molar-refractivity contribution in [2.75, 3.05) is 26.9 Å². The average molecular weight is 321 g/mol. The highest BCUT2D eigenvalue weighted by molar-refractivity contribution is 9.10. The van der Waals surface area contributed by atoms with Gasteiger partial charge in [-0.3, -0.25) is 4.68 Å². The largest absolute Gasteiger partial charge is 0.387 e. The Balaban J connectivity index is 2.54. The van der Waals surface area contributed by atoms with Gasteiger partial charge >= 0.3 is 0 Å². The summed E-state index contributed by atoms with van der Waals surface area (Å²) in [5.74, 6) is 0. The molecule has 0 aliphatic rings. The number of aliphatic hydroxyl groups excluding tert-OH is 1. The second-order valence-corrected chi connectivity index (χ2v) is 4.86. The zero-order valence-electron chi connectivity index (χ0n) is 10.9. The Hall–Kier alpha value is -0.430. The van der Waals surface area contributed by atoms with Crippen LogP contribution in [0.1, 0.15) is 31.6 Å². The molecule has 0 aromatic carbocycles. The molecule has 1 atom stereocenters. The smallest absolute Gasteiger partial charge is 0.0990 e. The van der Waals surface area contributed by atoms with Gasteiger partial charge in [-0.25, -0.2) is 0 Å². The summed E-state index contributed by atoms with van der Waals surface area (Å²) >= 11 is 3.41. The summed E-state index contributed by atoms with van der Waals surface area (Å²) in [5.41, 5.74) is 0.784. The first-order valence-corrected chi connectivity index (χ1v) is 6.96. The first kappa shape index (κ1) is 15.6. The fourth-order valence-electron chi connectivity index (χ4n) is 1.64. The maximum Gasteiger partial charge on any atom is 0.0990 e. The lowest BCUT2D eigenvalue weighted by Crippen LogP contribution is -2.14. The average Bonchev–Trinajstić information content (AvgIpc) is 2.73. The Morgan fingerprint density at radius 2 is 2.22 bits per heavy atom. The molecule has 1 aromatic heterocycles. The number of methoxy groups -OCH3 is 1. The van der Waals surface area contributed by atoms with Crippen LogP contribution in [0.5, 0.6) is 0 Å². The van der Waals surface area contributed by atoms with Crippen molar-refractivity contribution < 1.29 is 14.6 Å². The molecule has 0 spiro atoms. The van der Waals surface area contributed by atoms with Gasteiger partial charge in [0, 0.05) is 26.7 Å². The Morgan fingerprint density at radius 3 is 2.89 bits per heavy atom. The van der Waals surface area contributed by atoms with Crippen LogP contribution < -0.4 is 0 Å². The molecule has 0 saturated carbocycles. The summed E-state index contributed by atoms with van der Waals surface area (Å²) in [5, 5.41) is 14.4. The van der Waals surface area contributed by atoms with Crippen molar-refractivity contribution in [2.45, 2.75) is 32.4 Å². The molecule has 5 nitrogen and oxygen atoms in total. The Morgan fingerprint density at radius 1 is 1.44 bits per heavy atom. The van der Waals surface area contributed by atoms with E-state index in [9.17, 15) is 5.11 Å². The van der Waals surface area contributed by atoms with Gasteiger partial charge in [0.05, 0.1) is 35.6 Å². The predicted molar refractivity (Wildman–Crippen MR) is 72.5 cm³/mol. The molecule has 1 aromatic rings. The molecule has 0 radical (unpaired) electrons. The standard InChI is InChI=1S/C12H21BrN2O3/c1-3-6-18-7-4-11(16)12-10(13)9-14-15(12)5-8-17-2/h9,11,16H,3-8H2,1-2H3. The van der Waals surface area contributed by atoms with E-state index in [1.54, 1.807) is 18.0 Å². The minimum atomic E-state index is -0.574. The van der Waals surface area contributed by atoms with Crippen LogP contribution in [0.25, 0.3) is 0 Å². The van der Waals surface area contributed by atoms with Gasteiger partial charge in [-0.15, -0.1) is 0 Å². The molecule has 104 valence electrons. The van der Waals surface area contributed by atoms with Gasteiger partial charge in [0.2, 0.25) is 0 Å². The first-order chi connectivity index (χ1) is 8.70. The third-order valence-corrected chi connectivity index (χ3v) is 3.15. The number of aliphatic hydroxyl groups is 1. The van der Waals surface area contributed by atoms with E-state index in [1.165, 1.54) is 0 Å². The summed E-state index contributed by atoms with van der Waals surface area (Å²) in [6.45, 7) is 4.55. The van der Waals surface area contributed by atoms with Crippen LogP contribution in [0.2, 0.25) is 0 Å². The molecule has 1 N–H and O–H groups in total. The SMILES string of the molecule is CCCOCCC(O)c1c(Br)cnn1CCOC. The quantitative estimate of drug-likeness (QED) is 0.708. The van der Waals surface area contributed by atoms with E-state index in [0.717, 1.165) is 23.2 Å². The molecular formula is C12H21BrN2O3. The molecule has 0 amide bonds. The van der Waals surface area contributed by atoms with Gasteiger partial charge in [-0.2, -0.15) is 5.10 Å². The summed E-state index contributed by atoms with van der Waals surface area (Å²) in [4.78, 5) is 0. The fraction of sp³-hybridized carbons (Fsp3) is 0.750. The van der Waals surface area contributed by atoms with E-state index in [0.29, 0.717) is 26.2 Å². The van der Waals surface area contributed by atoms with Crippen LogP contribution in [0, 0.1) is 0 Å². The topological polar surface area (TPSA) is 56.5 Å². The number of halogens is 1. The van der Waals surface area contributed by atoms with Gasteiger partial charge in [0.25, 0.3) is 0 Å². The lowest BCUT2D eigenvalue weighted by atomic mass is 10.2. The molecule has 0 aliphatic carbocycles. The highest BCUT2D eigenvalue weighted by Gasteiger charge is 2.17. The minimum Gasteiger partial charge on any atom is -0.387 e. The number of rotatable bonds is 9. The van der Waals surface area contributed by atoms with Crippen molar-refractivity contribution in [1.82, 2.24) is 9.78 Å². The predicted octanol–water partition coefficient (Wildman–Crippen LogP) is 2.14. The first-order valence-electron chi connectivity index (χ1n) is 6.16. The van der Waals surface area contributed by atoms with Gasteiger partial charge < -0.3 is 14.6 Å². The van der Waals surface area contributed by atoms with E-state index in [4.69, 9.17) is 9.47 Å². The number of nitrogens with zero attached hydrogens (tertiary/aromatic N) is 2. The van der Waals surface area contributed by atoms with Crippen molar-refractivity contribution in [3.8, 4) is 0 Å². The van der Waals surface area contributed by atoms with Crippen LogP contribution in [-0.2, 0) is 16.0 Å². The zero-order chi connectivity index (χ0) is 13.4. The van der Waals surface area contributed by atoms with Gasteiger partial charge in [-0.05, 0) is 22.4 Å². The molecule has 0 saturated heterocycles. The minimum absolute atomic E-state index is 0.552. The fourth-order valence-corrected chi connectivity index (χ4v) is 2.20. The van der Waals surface area contributed by atoms with E-state index >= 15 is 0 Å². The normalized spacial score (nSPS) is 12.9. The van der Waals surface area contributed by atoms with Crippen LogP contribution in [-0.4, -0.2) is 41.8 Å². The maximum absolute atomic E-state index is 10.2. The number of hydrogen-bond acceptors (Lipinski definition) is 4. The lowest BCUT2D eigenvalue weighted by molar-refractivity contribution is 0.0767. The van der Waals surface area contributed by atoms with Gasteiger partial charge in [-0.1, -0.05) is 6.92 Å². The van der Waals surface area contributed by atoms with Crippen molar-refractivity contribution in [3.63, 3.8) is 0 Å². The van der Waals surface area contributed by atoms with Crippen LogP contribution in [0.15, 0.2) is 10.7 Å². The van der Waals surface area contributed by atoms with Gasteiger partial charge in [0.15, 0.2) is 0 Å². The molecule has 1 unspecified atom stereocenters. The van der Waals surface area contributed by atoms with Crippen molar-refractivity contribution in [2.24, 2.45) is 0 Å². The van der Waals surface area contributed by atoms with Crippen molar-refractivity contribution >= 4 is 15.9 Å². The molecule has 0 fully saturated rings. The van der Waals surface area contributed by atoms with Crippen LogP contribution >= 0.6 is 15.9 Å². The monoisotopic (exact) mass is 320 g/mol. The van der Waals surface area contributed by atoms with Crippen molar-refractivity contribution in [1.29, 1.82) is 0 Å². The highest BCUT2D eigenvalue weighted by atomic mass is 79.9. The molecule has 1 heterocycles. The third-order valence-electron chi connectivity index (χ3n) is 2.54. The number of ether oxygens (including phenoxy) is 2. The maximum atomic E-state index is 10.2. The van der Waals surface area contributed by atoms with E-state index in [-0.39, 0.29) is 0 Å². The van der Waals surface area contributed by atoms with E-state index in [2.05, 4.69) is 28.0 Å². The summed E-state index contributed by atoms with van der Waals surface area (Å²) in [6, 6.07) is 0. The summed E-state index contributed by atoms with van der Waals surface area (Å²) < 4.78 is 13.0. The second-order valence-electron chi connectivity index (χ2n) is 4.01. The Labute approximate surface area is 116 Å². The van der Waals surface area contributed by atoms with Crippen LogP contribution in [0.3, 0.4) is 0 Å². The Kier molecular flexibility index (Phi) is 7.50. The molecule has 18 heavy (non-hydrogen) atoms. The summed E-state index contributed by atoms with van der Waals surface area (Å²) in [6.07, 6.45) is 2.68. The molecule has 1 rings (SSSR count). The number of hydrogen-bond donors (Lipinski definition) is 1. The third kappa shape index (κ3) is 4.68. The second kappa shape index (κ2) is 8.63. The molecule has 6 heteroatoms. The van der Waals surface area contributed by atoms with E-state index < -0.39 is 6.10 Å². The van der Waals surface area contributed by atoms with Crippen molar-refractivity contribution in [3.05, 3.63) is 16.4 Å². The number of aromatic nitrogens is 2. The van der Waals surface area contributed by atoms with Gasteiger partial charge in [0.1, 0.15) is 0 Å². The van der Waals surface area contributed by atoms with E-state index in [1.807, 2.05) is 0 Å². The molecule has 0 bridgehead atoms.